The number of anilines is 1. The summed E-state index contributed by atoms with van der Waals surface area (Å²) in [5.41, 5.74) is 15.9. The van der Waals surface area contributed by atoms with Crippen molar-refractivity contribution >= 4 is 167 Å². The highest BCUT2D eigenvalue weighted by Crippen LogP contribution is 2.43. The minimum Gasteiger partial charge on any atom is -0.508 e. The fourth-order valence-electron chi connectivity index (χ4n) is 17.5. The summed E-state index contributed by atoms with van der Waals surface area (Å²) in [5, 5.41) is 87.6. The van der Waals surface area contributed by atoms with Gasteiger partial charge in [-0.25, -0.2) is 19.6 Å². The SMILES string of the molecule is CCC(C)[C@H](NC(=O)[C@H](Cc1cnc[nH]1)NC(=O)[C@@H]1CSSC[C@H](C)C(=O)N2CC(O)C[C@H]2C(=O)N[C@@H](CC2C=C(I)C(O)=CC2)C(=O)N[C@@H](CC(=O)O)C(=O)N[C@@H](CC(C)C)C(=O)N1)C(=O)N[C@@H](CC(C)C)C(N)=O.CNC(=O)[C@H](Cc1ncc[nH]1)NC(=O)[C@H](Cc1ccccc1)NC(=O)[C@H](Cc1c[nH]c2ccccc12)NC(=O)[C@H](N)CCCCNC(=O)Nc1ccc(-c2c3ccc(=O)cc-3oc3cc(O)ccc23)c(C(=O)O)c1. The lowest BCUT2D eigenvalue weighted by Crippen LogP contribution is -2.61. The van der Waals surface area contributed by atoms with Gasteiger partial charge >= 0.3 is 18.0 Å². The number of carbonyl (C=O) groups excluding carboxylic acids is 14. The lowest BCUT2D eigenvalue weighted by molar-refractivity contribution is -0.142. The maximum Gasteiger partial charge on any atom is 0.336 e. The number of imidazole rings is 2. The van der Waals surface area contributed by atoms with Gasteiger partial charge < -0.3 is 130 Å². The van der Waals surface area contributed by atoms with Gasteiger partial charge in [0.2, 0.25) is 76.8 Å². The Hall–Kier alpha value is -14.7. The molecule has 25 N–H and O–H groups in total. The molecule has 44 nitrogen and oxygen atoms in total. The number of aromatic nitrogens is 5. The van der Waals surface area contributed by atoms with E-state index in [2.05, 4.69) is 94.0 Å². The summed E-state index contributed by atoms with van der Waals surface area (Å²) < 4.78 is 6.38. The smallest absolute Gasteiger partial charge is 0.336 e. The highest BCUT2D eigenvalue weighted by Gasteiger charge is 2.44. The number of carboxylic acids is 2. The Labute approximate surface area is 884 Å². The van der Waals surface area contributed by atoms with Gasteiger partial charge in [0.05, 0.1) is 34.0 Å². The number of amides is 15. The number of benzene rings is 5. The maximum atomic E-state index is 14.6. The number of carboxylic acid groups (broad SMARTS) is 2. The molecule has 15 amide bonds. The Morgan fingerprint density at radius 1 is 0.660 bits per heavy atom. The zero-order valence-electron chi connectivity index (χ0n) is 83.8. The number of urea groups is 1. The summed E-state index contributed by atoms with van der Waals surface area (Å²) in [5.74, 6) is -13.8. The largest absolute Gasteiger partial charge is 0.508 e. The monoisotopic (exact) mass is 2220 g/mol. The molecule has 16 atom stereocenters. The number of aliphatic carboxylic acids is 1. The van der Waals surface area contributed by atoms with Crippen LogP contribution < -0.4 is 86.0 Å². The van der Waals surface area contributed by atoms with E-state index in [-0.39, 0.29) is 146 Å². The van der Waals surface area contributed by atoms with Gasteiger partial charge in [0, 0.05) is 145 Å². The van der Waals surface area contributed by atoms with Crippen molar-refractivity contribution in [2.24, 2.45) is 41.1 Å². The van der Waals surface area contributed by atoms with Crippen molar-refractivity contribution in [3.8, 4) is 28.2 Å². The highest BCUT2D eigenvalue weighted by atomic mass is 127. The van der Waals surface area contributed by atoms with Crippen LogP contribution in [0.4, 0.5) is 10.5 Å². The second-order valence-electron chi connectivity index (χ2n) is 38.1. The molecule has 3 unspecified atom stereocenters. The first-order valence-corrected chi connectivity index (χ1v) is 52.8. The number of phenolic OH excluding ortho intramolecular Hbond substituents is 1. The number of likely N-dealkylation sites (N-methyl/N-ethyl adjacent to an activating group) is 1. The van der Waals surface area contributed by atoms with Crippen molar-refractivity contribution in [3.63, 3.8) is 0 Å². The van der Waals surface area contributed by atoms with Gasteiger partial charge in [-0.1, -0.05) is 137 Å². The van der Waals surface area contributed by atoms with Crippen LogP contribution in [-0.2, 0) is 92.8 Å². The second-order valence-corrected chi connectivity index (χ2v) is 41.9. The first kappa shape index (κ1) is 116. The van der Waals surface area contributed by atoms with Gasteiger partial charge in [-0.3, -0.25) is 71.9 Å². The number of nitrogens with one attached hydrogen (secondary N) is 16. The molecule has 0 radical (unpaired) electrons. The molecular weight excluding hydrogens is 2090 g/mol. The number of H-pyrrole nitrogens is 3. The van der Waals surface area contributed by atoms with Crippen molar-refractivity contribution < 1.29 is 107 Å². The standard InChI is InChI=1S/C54H54N10O10.C49H74IN11O13S2/c1-56-50(68)44(28-47-57-21-22-58-47)64-51(69)42(23-30-9-3-2-4-10-30)63-52(70)43(24-31-29-60-41-13-6-5-11-35(31)41)62-49(67)40(55)12-7-8-20-59-54(73)61-32-14-17-36(39(25-32)53(71)72)48-37-18-15-33(65)26-45(37)74-46-27-34(66)16-19-38(46)48;1-8-25(6)40(48(73)54-31(41(51)66)11-23(2)3)60-45(70)34(15-28-18-52-22-53-28)56-46(71)36-21-76-75-20-26(7)49(74)61-19-29(62)16-37(61)47(72)58-33(14-27-9-10-38(63)30(50)13-27)43(68)57-35(17-39(64)65)44(69)55-32(12-24(4)5)42(67)59-36/h2-6,9-11,13-19,21-22,25-27,29,40,42-44,60,65H,7-8,12,20,23-24,28,55H2,1H3,(H,56,68)(H,57,58)(H,62,67)(H,63,70)(H,64,69)(H,71,72)(H2,59,61,73);10,13,18,22-27,29,31-37,40,62-63H,8-9,11-12,14-17,19-21H2,1-7H3,(H2,51,66)(H,52,53)(H,54,73)(H,55,69)(H,56,71)(H,57,68)(H,58,72)(H,59,67)(H,60,70)(H,64,65)/t40-,42+,43+,44+;25?,26-,27?,29?,31-,32-,33-,34-,35-,36-,37-,40-/m10/s1. The van der Waals surface area contributed by atoms with E-state index in [4.69, 9.17) is 15.9 Å². The second kappa shape index (κ2) is 55.0. The van der Waals surface area contributed by atoms with E-state index in [0.717, 1.165) is 32.8 Å². The number of carbonyl (C=O) groups is 16. The van der Waals surface area contributed by atoms with E-state index in [9.17, 15) is 107 Å². The van der Waals surface area contributed by atoms with Crippen LogP contribution in [-0.4, -0.2) is 260 Å². The lowest BCUT2D eigenvalue weighted by atomic mass is 9.90. The molecule has 2 saturated heterocycles. The number of fused-ring (bicyclic) bond motifs is 4. The number of aromatic amines is 3. The number of aromatic hydroxyl groups is 1. The van der Waals surface area contributed by atoms with Gasteiger partial charge in [0.15, 0.2) is 5.43 Å². The number of unbranched alkanes of at least 4 members (excludes halogenated alkanes) is 1. The molecule has 0 saturated carbocycles. The number of aliphatic hydroxyl groups excluding tert-OH is 2. The molecule has 3 aliphatic heterocycles. The fourth-order valence-corrected chi connectivity index (χ4v) is 20.7. The molecule has 2 aliphatic carbocycles. The average molecular weight is 2220 g/mol. The fraction of sp³-hybridized carbons (Fsp3) is 0.427. The number of aliphatic hydroxyl groups is 2. The zero-order chi connectivity index (χ0) is 109. The molecule has 0 spiro atoms. The predicted octanol–water partition coefficient (Wildman–Crippen LogP) is 5.33. The molecule has 802 valence electrons. The van der Waals surface area contributed by atoms with E-state index < -0.39 is 198 Å². The Bertz CT molecular complexity index is 6420. The number of phenols is 1. The first-order valence-electron chi connectivity index (χ1n) is 49.2. The summed E-state index contributed by atoms with van der Waals surface area (Å²) in [6.45, 7) is 12.3. The van der Waals surface area contributed by atoms with Gasteiger partial charge in [0.25, 0.3) is 0 Å². The number of rotatable bonds is 40. The van der Waals surface area contributed by atoms with Crippen molar-refractivity contribution in [2.75, 3.05) is 37.0 Å². The molecule has 6 heterocycles. The average Bonchev–Trinajstić information content (AvgIpc) is 0.779. The van der Waals surface area contributed by atoms with Crippen LogP contribution in [0, 0.1) is 29.6 Å². The number of allylic oxidation sites excluding steroid dienone is 3. The molecule has 150 heavy (non-hydrogen) atoms. The van der Waals surface area contributed by atoms with E-state index in [0.29, 0.717) is 50.9 Å². The van der Waals surface area contributed by atoms with Crippen molar-refractivity contribution in [1.29, 1.82) is 0 Å². The summed E-state index contributed by atoms with van der Waals surface area (Å²) in [4.78, 5) is 250. The number of primary amides is 1. The topological polar surface area (TPSA) is 689 Å². The molecule has 3 aromatic heterocycles. The number of nitrogens with zero attached hydrogens (tertiary/aromatic N) is 3. The molecule has 2 fully saturated rings. The van der Waals surface area contributed by atoms with Gasteiger partial charge in [-0.2, -0.15) is 0 Å². The van der Waals surface area contributed by atoms with E-state index in [1.54, 1.807) is 95.6 Å². The zero-order valence-corrected chi connectivity index (χ0v) is 87.6. The van der Waals surface area contributed by atoms with Crippen LogP contribution in [0.15, 0.2) is 171 Å². The molecule has 0 bridgehead atoms. The third-order valence-corrected chi connectivity index (χ3v) is 29.1. The third-order valence-electron chi connectivity index (χ3n) is 25.6. The van der Waals surface area contributed by atoms with Crippen LogP contribution >= 0.6 is 44.2 Å². The quantitative estimate of drug-likeness (QED) is 0.00998. The van der Waals surface area contributed by atoms with Crippen LogP contribution in [0.1, 0.15) is 146 Å². The Morgan fingerprint density at radius 2 is 1.32 bits per heavy atom. The normalized spacial score (nSPS) is 19.5. The molecule has 7 aromatic rings. The number of halogens is 1. The lowest BCUT2D eigenvalue weighted by Gasteiger charge is -2.30. The van der Waals surface area contributed by atoms with E-state index >= 15 is 0 Å². The first-order chi connectivity index (χ1) is 71.5. The minimum atomic E-state index is -1.80. The van der Waals surface area contributed by atoms with Crippen LogP contribution in [0.25, 0.3) is 44.3 Å². The van der Waals surface area contributed by atoms with Crippen LogP contribution in [0.2, 0.25) is 0 Å². The maximum absolute atomic E-state index is 14.6. The van der Waals surface area contributed by atoms with E-state index in [1.807, 2.05) is 78.9 Å². The van der Waals surface area contributed by atoms with Crippen LogP contribution in [0.5, 0.6) is 5.75 Å². The summed E-state index contributed by atoms with van der Waals surface area (Å²) >= 11 is 1.91. The summed E-state index contributed by atoms with van der Waals surface area (Å²) in [6, 6.07) is 13.5. The van der Waals surface area contributed by atoms with E-state index in [1.165, 1.54) is 71.8 Å². The molecule has 5 aliphatic rings. The summed E-state index contributed by atoms with van der Waals surface area (Å²) in [6.07, 6.45) is 10.5. The third kappa shape index (κ3) is 32.9. The number of hydrogen-bond acceptors (Lipinski definition) is 26. The van der Waals surface area contributed by atoms with Crippen molar-refractivity contribution in [2.45, 2.75) is 217 Å². The number of hydrogen-bond donors (Lipinski definition) is 23. The highest BCUT2D eigenvalue weighted by molar-refractivity contribution is 14.1. The van der Waals surface area contributed by atoms with Gasteiger partial charge in [0.1, 0.15) is 95.1 Å². The number of aromatic carboxylic acids is 1. The Balaban J connectivity index is 0.000000284. The predicted molar refractivity (Wildman–Crippen MR) is 568 cm³/mol. The number of para-hydroxylation sites is 1. The van der Waals surface area contributed by atoms with Crippen molar-refractivity contribution in [3.05, 3.63) is 200 Å². The minimum absolute atomic E-state index is 0.0116. The van der Waals surface area contributed by atoms with Crippen molar-refractivity contribution in [1.82, 2.24) is 93.6 Å². The van der Waals surface area contributed by atoms with Gasteiger partial charge in [-0.15, -0.1) is 0 Å². The Morgan fingerprint density at radius 3 is 1.99 bits per heavy atom. The molecule has 4 aromatic carbocycles. The number of nitrogens with two attached hydrogens (primary N) is 2. The molecule has 12 rings (SSSR count). The van der Waals surface area contributed by atoms with Gasteiger partial charge in [-0.05, 0) is 156 Å². The summed E-state index contributed by atoms with van der Waals surface area (Å²) in [7, 11) is 3.71. The molecule has 47 heteroatoms. The Kier molecular flexibility index (Phi) is 42.4. The van der Waals surface area contributed by atoms with Crippen LogP contribution in [0.3, 0.4) is 0 Å². The molecular formula is C103H128IN21O23S2.